The van der Waals surface area contributed by atoms with E-state index in [1.807, 2.05) is 18.2 Å². The van der Waals surface area contributed by atoms with Crippen LogP contribution < -0.4 is 9.47 Å². The van der Waals surface area contributed by atoms with Gasteiger partial charge in [0.2, 0.25) is 0 Å². The Morgan fingerprint density at radius 3 is 2.60 bits per heavy atom. The van der Waals surface area contributed by atoms with Crippen molar-refractivity contribution in [2.75, 3.05) is 14.2 Å². The number of benzene rings is 1. The average Bonchev–Trinajstić information content (AvgIpc) is 2.48. The number of carbonyl (C=O) groups excluding carboxylic acids is 1. The first-order valence-corrected chi connectivity index (χ1v) is 7.14. The quantitative estimate of drug-likeness (QED) is 0.499. The Hall–Kier alpha value is -1.77. The average molecular weight is 276 g/mol. The Morgan fingerprint density at radius 2 is 1.95 bits per heavy atom. The van der Waals surface area contributed by atoms with Gasteiger partial charge in [0.25, 0.3) is 0 Å². The van der Waals surface area contributed by atoms with Gasteiger partial charge in [-0.1, -0.05) is 38.3 Å². The lowest BCUT2D eigenvalue weighted by atomic mass is 10.1. The Kier molecular flexibility index (Phi) is 7.48. The normalized spacial score (nSPS) is 10.8. The van der Waals surface area contributed by atoms with Crippen LogP contribution in [0, 0.1) is 0 Å². The zero-order valence-electron chi connectivity index (χ0n) is 12.6. The molecule has 0 aliphatic rings. The zero-order chi connectivity index (χ0) is 14.8. The maximum absolute atomic E-state index is 11.8. The molecule has 20 heavy (non-hydrogen) atoms. The molecule has 0 aliphatic carbocycles. The van der Waals surface area contributed by atoms with Gasteiger partial charge in [0.15, 0.2) is 17.3 Å². The summed E-state index contributed by atoms with van der Waals surface area (Å²) in [7, 11) is 3.20. The third kappa shape index (κ3) is 5.08. The summed E-state index contributed by atoms with van der Waals surface area (Å²) in [4.78, 5) is 11.8. The second kappa shape index (κ2) is 9.18. The minimum atomic E-state index is 0.158. The first-order valence-electron chi connectivity index (χ1n) is 7.14. The van der Waals surface area contributed by atoms with Crippen molar-refractivity contribution < 1.29 is 14.3 Å². The lowest BCUT2D eigenvalue weighted by Crippen LogP contribution is -1.94. The van der Waals surface area contributed by atoms with Crippen LogP contribution in [0.2, 0.25) is 0 Å². The van der Waals surface area contributed by atoms with Gasteiger partial charge in [0.05, 0.1) is 14.2 Å². The van der Waals surface area contributed by atoms with Gasteiger partial charge in [-0.2, -0.15) is 0 Å². The minimum absolute atomic E-state index is 0.158. The van der Waals surface area contributed by atoms with Crippen molar-refractivity contribution in [1.29, 1.82) is 0 Å². The monoisotopic (exact) mass is 276 g/mol. The van der Waals surface area contributed by atoms with E-state index < -0.39 is 0 Å². The highest BCUT2D eigenvalue weighted by Crippen LogP contribution is 2.31. The first kappa shape index (κ1) is 16.3. The van der Waals surface area contributed by atoms with Crippen LogP contribution in [-0.4, -0.2) is 20.0 Å². The van der Waals surface area contributed by atoms with Crippen LogP contribution in [0.5, 0.6) is 11.5 Å². The van der Waals surface area contributed by atoms with Gasteiger partial charge in [-0.25, -0.2) is 0 Å². The van der Waals surface area contributed by atoms with E-state index in [1.54, 1.807) is 26.4 Å². The topological polar surface area (TPSA) is 35.5 Å². The van der Waals surface area contributed by atoms with Crippen LogP contribution in [-0.2, 0) is 4.79 Å². The summed E-state index contributed by atoms with van der Waals surface area (Å²) < 4.78 is 10.6. The summed E-state index contributed by atoms with van der Waals surface area (Å²) >= 11 is 0. The van der Waals surface area contributed by atoms with E-state index in [0.717, 1.165) is 18.4 Å². The smallest absolute Gasteiger partial charge is 0.167 e. The fourth-order valence-electron chi connectivity index (χ4n) is 2.04. The largest absolute Gasteiger partial charge is 0.493 e. The molecule has 0 aromatic heterocycles. The molecule has 0 radical (unpaired) electrons. The Balaban J connectivity index is 2.63. The third-order valence-corrected chi connectivity index (χ3v) is 3.16. The molecule has 3 heteroatoms. The SMILES string of the molecule is CCCCCCC(=O)/C=C/c1cccc(OC)c1OC. The molecule has 0 unspecified atom stereocenters. The van der Waals surface area contributed by atoms with Crippen molar-refractivity contribution in [3.8, 4) is 11.5 Å². The van der Waals surface area contributed by atoms with Crippen LogP contribution in [0.3, 0.4) is 0 Å². The third-order valence-electron chi connectivity index (χ3n) is 3.16. The minimum Gasteiger partial charge on any atom is -0.493 e. The molecule has 0 atom stereocenters. The fraction of sp³-hybridized carbons (Fsp3) is 0.471. The second-order valence-corrected chi connectivity index (χ2v) is 4.69. The summed E-state index contributed by atoms with van der Waals surface area (Å²) in [5.41, 5.74) is 0.855. The van der Waals surface area contributed by atoms with E-state index in [1.165, 1.54) is 12.8 Å². The highest BCUT2D eigenvalue weighted by Gasteiger charge is 2.07. The lowest BCUT2D eigenvalue weighted by molar-refractivity contribution is -0.114. The molecule has 0 bridgehead atoms. The van der Waals surface area contributed by atoms with Gasteiger partial charge in [-0.05, 0) is 24.6 Å². The number of rotatable bonds is 9. The van der Waals surface area contributed by atoms with Crippen LogP contribution >= 0.6 is 0 Å². The molecule has 0 fully saturated rings. The summed E-state index contributed by atoms with van der Waals surface area (Å²) in [6.45, 7) is 2.16. The number of hydrogen-bond acceptors (Lipinski definition) is 3. The molecule has 0 N–H and O–H groups in total. The van der Waals surface area contributed by atoms with Crippen molar-refractivity contribution >= 4 is 11.9 Å². The van der Waals surface area contributed by atoms with Crippen molar-refractivity contribution in [2.24, 2.45) is 0 Å². The molecule has 1 aromatic rings. The maximum atomic E-state index is 11.8. The molecule has 0 amide bonds. The van der Waals surface area contributed by atoms with E-state index >= 15 is 0 Å². The number of methoxy groups -OCH3 is 2. The molecule has 1 aromatic carbocycles. The fourth-order valence-corrected chi connectivity index (χ4v) is 2.04. The standard InChI is InChI=1S/C17H24O3/c1-4-5-6-7-10-15(18)13-12-14-9-8-11-16(19-2)17(14)20-3/h8-9,11-13H,4-7,10H2,1-3H3/b13-12+. The van der Waals surface area contributed by atoms with Gasteiger partial charge in [0, 0.05) is 12.0 Å². The van der Waals surface area contributed by atoms with Crippen LogP contribution in [0.15, 0.2) is 24.3 Å². The molecule has 0 heterocycles. The number of carbonyl (C=O) groups is 1. The highest BCUT2D eigenvalue weighted by molar-refractivity contribution is 5.94. The molecule has 3 nitrogen and oxygen atoms in total. The Morgan fingerprint density at radius 1 is 1.15 bits per heavy atom. The maximum Gasteiger partial charge on any atom is 0.167 e. The molecule has 0 saturated heterocycles. The predicted molar refractivity (Wildman–Crippen MR) is 82.3 cm³/mol. The van der Waals surface area contributed by atoms with Gasteiger partial charge >= 0.3 is 0 Å². The summed E-state index contributed by atoms with van der Waals surface area (Å²) in [5.74, 6) is 1.49. The molecular weight excluding hydrogens is 252 g/mol. The van der Waals surface area contributed by atoms with E-state index in [2.05, 4.69) is 6.92 Å². The highest BCUT2D eigenvalue weighted by atomic mass is 16.5. The van der Waals surface area contributed by atoms with Crippen LogP contribution in [0.25, 0.3) is 6.08 Å². The van der Waals surface area contributed by atoms with Gasteiger partial charge < -0.3 is 9.47 Å². The molecule has 110 valence electrons. The number of ether oxygens (including phenoxy) is 2. The number of allylic oxidation sites excluding steroid dienone is 1. The van der Waals surface area contributed by atoms with E-state index in [-0.39, 0.29) is 5.78 Å². The van der Waals surface area contributed by atoms with E-state index in [4.69, 9.17) is 9.47 Å². The van der Waals surface area contributed by atoms with Crippen molar-refractivity contribution in [3.63, 3.8) is 0 Å². The number of hydrogen-bond donors (Lipinski definition) is 0. The molecule has 0 aliphatic heterocycles. The second-order valence-electron chi connectivity index (χ2n) is 4.69. The summed E-state index contributed by atoms with van der Waals surface area (Å²) in [5, 5.41) is 0. The number of ketones is 1. The van der Waals surface area contributed by atoms with Crippen LogP contribution in [0.4, 0.5) is 0 Å². The first-order chi connectivity index (χ1) is 9.72. The molecule has 0 saturated carbocycles. The molecule has 1 rings (SSSR count). The molecular formula is C17H24O3. The summed E-state index contributed by atoms with van der Waals surface area (Å²) in [6, 6.07) is 5.62. The Labute approximate surface area is 121 Å². The zero-order valence-corrected chi connectivity index (χ0v) is 12.6. The molecule has 0 spiro atoms. The van der Waals surface area contributed by atoms with Gasteiger partial charge in [0.1, 0.15) is 0 Å². The summed E-state index contributed by atoms with van der Waals surface area (Å²) in [6.07, 6.45) is 8.51. The van der Waals surface area contributed by atoms with E-state index in [9.17, 15) is 4.79 Å². The lowest BCUT2D eigenvalue weighted by Gasteiger charge is -2.09. The van der Waals surface area contributed by atoms with Crippen molar-refractivity contribution in [1.82, 2.24) is 0 Å². The van der Waals surface area contributed by atoms with Gasteiger partial charge in [-0.15, -0.1) is 0 Å². The van der Waals surface area contributed by atoms with E-state index in [0.29, 0.717) is 17.9 Å². The Bertz CT molecular complexity index is 450. The van der Waals surface area contributed by atoms with Crippen LogP contribution in [0.1, 0.15) is 44.6 Å². The van der Waals surface area contributed by atoms with Crippen molar-refractivity contribution in [2.45, 2.75) is 39.0 Å². The predicted octanol–water partition coefficient (Wildman–Crippen LogP) is 4.26. The van der Waals surface area contributed by atoms with Gasteiger partial charge in [-0.3, -0.25) is 4.79 Å². The number of unbranched alkanes of at least 4 members (excludes halogenated alkanes) is 3. The number of para-hydroxylation sites is 1. The van der Waals surface area contributed by atoms with Crippen molar-refractivity contribution in [3.05, 3.63) is 29.8 Å².